The first-order chi connectivity index (χ1) is 9.61. The maximum Gasteiger partial charge on any atom is 0.255 e. The fraction of sp³-hybridized carbons (Fsp3) is 0.600. The number of carbonyl (C=O) groups is 1. The Labute approximate surface area is 119 Å². The minimum atomic E-state index is -0.493. The lowest BCUT2D eigenvalue weighted by Crippen LogP contribution is -2.30. The molecule has 1 amide bonds. The highest BCUT2D eigenvalue weighted by atomic mass is 19.1. The van der Waals surface area contributed by atoms with Gasteiger partial charge in [-0.1, -0.05) is 13.8 Å². The van der Waals surface area contributed by atoms with Crippen molar-refractivity contribution >= 4 is 11.7 Å². The molecule has 0 spiro atoms. The number of hydrogen-bond donors (Lipinski definition) is 2. The Bertz CT molecular complexity index is 474. The molecule has 1 heterocycles. The Kier molecular flexibility index (Phi) is 4.93. The lowest BCUT2D eigenvalue weighted by Gasteiger charge is -2.13. The van der Waals surface area contributed by atoms with Crippen LogP contribution in [0.2, 0.25) is 0 Å². The third kappa shape index (κ3) is 3.92. The second-order valence-corrected chi connectivity index (χ2v) is 5.50. The monoisotopic (exact) mass is 279 g/mol. The van der Waals surface area contributed by atoms with Crippen LogP contribution in [0.1, 0.15) is 43.5 Å². The first-order valence-electron chi connectivity index (χ1n) is 7.29. The van der Waals surface area contributed by atoms with Crippen molar-refractivity contribution < 1.29 is 9.18 Å². The second kappa shape index (κ2) is 6.68. The Hall–Kier alpha value is -1.65. The molecule has 1 aromatic heterocycles. The van der Waals surface area contributed by atoms with E-state index >= 15 is 0 Å². The Morgan fingerprint density at radius 3 is 2.95 bits per heavy atom. The molecule has 0 saturated heterocycles. The Morgan fingerprint density at radius 1 is 1.55 bits per heavy atom. The highest BCUT2D eigenvalue weighted by Gasteiger charge is 2.28. The predicted octanol–water partition coefficient (Wildman–Crippen LogP) is 2.82. The lowest BCUT2D eigenvalue weighted by molar-refractivity contribution is 0.0946. The summed E-state index contributed by atoms with van der Waals surface area (Å²) in [5, 5.41) is 5.93. The van der Waals surface area contributed by atoms with E-state index in [-0.39, 0.29) is 11.5 Å². The molecule has 0 radical (unpaired) electrons. The molecular formula is C15H22FN3O. The van der Waals surface area contributed by atoms with Gasteiger partial charge in [-0.2, -0.15) is 0 Å². The number of carbonyl (C=O) groups excluding carboxylic acids is 1. The van der Waals surface area contributed by atoms with Crippen molar-refractivity contribution in [3.63, 3.8) is 0 Å². The zero-order valence-corrected chi connectivity index (χ0v) is 12.1. The van der Waals surface area contributed by atoms with Gasteiger partial charge in [0.15, 0.2) is 0 Å². The van der Waals surface area contributed by atoms with Crippen molar-refractivity contribution in [2.75, 3.05) is 18.4 Å². The molecule has 1 saturated carbocycles. The number of nitrogens with zero attached hydrogens (tertiary/aromatic N) is 1. The minimum absolute atomic E-state index is 0.261. The Balaban J connectivity index is 2.00. The summed E-state index contributed by atoms with van der Waals surface area (Å²) >= 11 is 0. The van der Waals surface area contributed by atoms with E-state index in [1.807, 2.05) is 6.92 Å². The number of hydrogen-bond acceptors (Lipinski definition) is 3. The number of aromatic nitrogens is 1. The van der Waals surface area contributed by atoms with Crippen LogP contribution in [0.4, 0.5) is 10.2 Å². The smallest absolute Gasteiger partial charge is 0.255 e. The van der Waals surface area contributed by atoms with Gasteiger partial charge in [-0.15, -0.1) is 0 Å². The molecule has 20 heavy (non-hydrogen) atoms. The van der Waals surface area contributed by atoms with E-state index in [1.165, 1.54) is 18.9 Å². The van der Waals surface area contributed by atoms with E-state index in [2.05, 4.69) is 22.5 Å². The zero-order valence-electron chi connectivity index (χ0n) is 12.1. The highest BCUT2D eigenvalue weighted by molar-refractivity contribution is 5.98. The molecular weight excluding hydrogens is 257 g/mol. The van der Waals surface area contributed by atoms with Crippen molar-refractivity contribution in [3.05, 3.63) is 23.6 Å². The van der Waals surface area contributed by atoms with Crippen molar-refractivity contribution in [2.45, 2.75) is 33.1 Å². The van der Waals surface area contributed by atoms with E-state index in [4.69, 9.17) is 0 Å². The summed E-state index contributed by atoms with van der Waals surface area (Å²) < 4.78 is 13.3. The fourth-order valence-electron chi connectivity index (χ4n) is 2.18. The van der Waals surface area contributed by atoms with Gasteiger partial charge in [0.1, 0.15) is 11.6 Å². The molecule has 1 atom stereocenters. The molecule has 0 bridgehead atoms. The molecule has 1 aromatic rings. The molecule has 5 heteroatoms. The molecule has 1 aliphatic carbocycles. The fourth-order valence-corrected chi connectivity index (χ4v) is 2.18. The van der Waals surface area contributed by atoms with Crippen molar-refractivity contribution in [2.24, 2.45) is 11.8 Å². The van der Waals surface area contributed by atoms with E-state index in [1.54, 1.807) is 0 Å². The Morgan fingerprint density at radius 2 is 2.30 bits per heavy atom. The maximum atomic E-state index is 13.3. The second-order valence-electron chi connectivity index (χ2n) is 5.50. The van der Waals surface area contributed by atoms with Gasteiger partial charge in [0, 0.05) is 13.1 Å². The lowest BCUT2D eigenvalue weighted by atomic mass is 10.1. The average molecular weight is 279 g/mol. The summed E-state index contributed by atoms with van der Waals surface area (Å²) in [5.41, 5.74) is 0.279. The van der Waals surface area contributed by atoms with Crippen molar-refractivity contribution in [1.82, 2.24) is 10.3 Å². The summed E-state index contributed by atoms with van der Waals surface area (Å²) in [6.45, 7) is 5.50. The molecule has 2 N–H and O–H groups in total. The number of amides is 1. The number of anilines is 1. The van der Waals surface area contributed by atoms with Crippen molar-refractivity contribution in [1.29, 1.82) is 0 Å². The van der Waals surface area contributed by atoms with Crippen LogP contribution < -0.4 is 10.6 Å². The molecule has 1 unspecified atom stereocenters. The van der Waals surface area contributed by atoms with Crippen LogP contribution in [0.25, 0.3) is 0 Å². The van der Waals surface area contributed by atoms with Gasteiger partial charge in [0.25, 0.3) is 5.91 Å². The van der Waals surface area contributed by atoms with Gasteiger partial charge >= 0.3 is 0 Å². The number of nitrogens with one attached hydrogen (secondary N) is 2. The van der Waals surface area contributed by atoms with Crippen molar-refractivity contribution in [3.8, 4) is 0 Å². The van der Waals surface area contributed by atoms with E-state index in [0.717, 1.165) is 18.5 Å². The average Bonchev–Trinajstić information content (AvgIpc) is 3.27. The molecule has 0 aliphatic heterocycles. The summed E-state index contributed by atoms with van der Waals surface area (Å²) in [6.07, 6.45) is 4.55. The summed E-state index contributed by atoms with van der Waals surface area (Å²) in [5.74, 6) is 0.909. The van der Waals surface area contributed by atoms with Gasteiger partial charge in [-0.25, -0.2) is 9.37 Å². The predicted molar refractivity (Wildman–Crippen MR) is 77.2 cm³/mol. The molecule has 0 aromatic carbocycles. The third-order valence-corrected chi connectivity index (χ3v) is 3.65. The first kappa shape index (κ1) is 14.8. The quantitative estimate of drug-likeness (QED) is 0.807. The van der Waals surface area contributed by atoms with Crippen LogP contribution in [-0.4, -0.2) is 24.0 Å². The summed E-state index contributed by atoms with van der Waals surface area (Å²) in [6, 6.07) is 1.24. The van der Waals surface area contributed by atoms with Gasteiger partial charge in [-0.05, 0) is 37.2 Å². The number of pyridine rings is 1. The largest absolute Gasteiger partial charge is 0.369 e. The van der Waals surface area contributed by atoms with Crippen LogP contribution in [0, 0.1) is 17.7 Å². The normalized spacial score (nSPS) is 15.8. The van der Waals surface area contributed by atoms with Gasteiger partial charge < -0.3 is 10.6 Å². The molecule has 4 nitrogen and oxygen atoms in total. The topological polar surface area (TPSA) is 54.0 Å². The van der Waals surface area contributed by atoms with Gasteiger partial charge in [0.05, 0.1) is 11.8 Å². The SMILES string of the molecule is CCCNc1ncc(F)cc1C(=O)NCC(C)C1CC1. The molecule has 1 aliphatic rings. The molecule has 2 rings (SSSR count). The van der Waals surface area contributed by atoms with Crippen LogP contribution in [0.15, 0.2) is 12.3 Å². The zero-order chi connectivity index (χ0) is 14.5. The van der Waals surface area contributed by atoms with Crippen LogP contribution in [-0.2, 0) is 0 Å². The minimum Gasteiger partial charge on any atom is -0.369 e. The van der Waals surface area contributed by atoms with E-state index < -0.39 is 5.82 Å². The summed E-state index contributed by atoms with van der Waals surface area (Å²) in [4.78, 5) is 16.1. The van der Waals surface area contributed by atoms with Crippen LogP contribution >= 0.6 is 0 Å². The van der Waals surface area contributed by atoms with Crippen LogP contribution in [0.5, 0.6) is 0 Å². The summed E-state index contributed by atoms with van der Waals surface area (Å²) in [7, 11) is 0. The maximum absolute atomic E-state index is 13.3. The van der Waals surface area contributed by atoms with E-state index in [9.17, 15) is 9.18 Å². The highest BCUT2D eigenvalue weighted by Crippen LogP contribution is 2.36. The standard InChI is InChI=1S/C15H22FN3O/c1-3-6-17-14-13(7-12(16)9-18-14)15(20)19-8-10(2)11-4-5-11/h7,9-11H,3-6,8H2,1-2H3,(H,17,18)(H,19,20). The molecule has 1 fully saturated rings. The van der Waals surface area contributed by atoms with E-state index in [0.29, 0.717) is 24.8 Å². The third-order valence-electron chi connectivity index (χ3n) is 3.65. The number of rotatable bonds is 7. The first-order valence-corrected chi connectivity index (χ1v) is 7.29. The van der Waals surface area contributed by atoms with Gasteiger partial charge in [0.2, 0.25) is 0 Å². The van der Waals surface area contributed by atoms with Crippen LogP contribution in [0.3, 0.4) is 0 Å². The van der Waals surface area contributed by atoms with Gasteiger partial charge in [-0.3, -0.25) is 4.79 Å². The number of halogens is 1. The molecule has 110 valence electrons.